The van der Waals surface area contributed by atoms with Gasteiger partial charge in [0.15, 0.2) is 0 Å². The molecule has 2 rings (SSSR count). The number of piperidine rings is 1. The summed E-state index contributed by atoms with van der Waals surface area (Å²) in [5, 5.41) is 0. The molecule has 1 aliphatic rings. The van der Waals surface area contributed by atoms with E-state index in [-0.39, 0.29) is 29.6 Å². The number of hydrogen-bond acceptors (Lipinski definition) is 3. The summed E-state index contributed by atoms with van der Waals surface area (Å²) in [7, 11) is 3.40. The lowest BCUT2D eigenvalue weighted by Crippen LogP contribution is -2.49. The number of halogens is 1. The van der Waals surface area contributed by atoms with E-state index in [2.05, 4.69) is 6.92 Å². The number of benzene rings is 1. The van der Waals surface area contributed by atoms with Crippen molar-refractivity contribution in [3.05, 3.63) is 35.6 Å². The Balaban J connectivity index is 2.32. The SMILES string of the molecule is CCCCN(C)C(=O)[C@@H]1CCC(=O)N(CCOC)[C@H]1c1ccc(F)cc1. The lowest BCUT2D eigenvalue weighted by molar-refractivity contribution is -0.148. The minimum atomic E-state index is -0.386. The Morgan fingerprint density at radius 1 is 1.35 bits per heavy atom. The summed E-state index contributed by atoms with van der Waals surface area (Å²) in [6, 6.07) is 5.72. The fraction of sp³-hybridized carbons (Fsp3) is 0.600. The second kappa shape index (κ2) is 9.67. The van der Waals surface area contributed by atoms with E-state index in [1.807, 2.05) is 7.05 Å². The number of ether oxygens (including phenoxy) is 1. The zero-order valence-electron chi connectivity index (χ0n) is 15.9. The molecule has 144 valence electrons. The molecule has 0 N–H and O–H groups in total. The van der Waals surface area contributed by atoms with Crippen molar-refractivity contribution < 1.29 is 18.7 Å². The van der Waals surface area contributed by atoms with Gasteiger partial charge in [-0.05, 0) is 30.5 Å². The Morgan fingerprint density at radius 3 is 2.65 bits per heavy atom. The first-order valence-corrected chi connectivity index (χ1v) is 9.28. The Bertz CT molecular complexity index is 606. The topological polar surface area (TPSA) is 49.9 Å². The predicted molar refractivity (Wildman–Crippen MR) is 98.0 cm³/mol. The fourth-order valence-electron chi connectivity index (χ4n) is 3.53. The largest absolute Gasteiger partial charge is 0.383 e. The standard InChI is InChI=1S/C20H29FN2O3/c1-4-5-12-22(2)20(25)17-10-11-18(24)23(13-14-26-3)19(17)15-6-8-16(21)9-7-15/h6-9,17,19H,4-5,10-14H2,1-3H3/t17-,19+/m1/s1. The van der Waals surface area contributed by atoms with E-state index in [9.17, 15) is 14.0 Å². The Hall–Kier alpha value is -1.95. The maximum Gasteiger partial charge on any atom is 0.227 e. The number of hydrogen-bond donors (Lipinski definition) is 0. The molecule has 0 aliphatic carbocycles. The highest BCUT2D eigenvalue weighted by Gasteiger charge is 2.41. The molecular weight excluding hydrogens is 335 g/mol. The van der Waals surface area contributed by atoms with Gasteiger partial charge in [-0.2, -0.15) is 0 Å². The van der Waals surface area contributed by atoms with Gasteiger partial charge in [0, 0.05) is 33.7 Å². The van der Waals surface area contributed by atoms with Crippen LogP contribution in [0.4, 0.5) is 4.39 Å². The van der Waals surface area contributed by atoms with Crippen LogP contribution >= 0.6 is 0 Å². The third-order valence-electron chi connectivity index (χ3n) is 4.99. The second-order valence-electron chi connectivity index (χ2n) is 6.83. The zero-order valence-corrected chi connectivity index (χ0v) is 15.9. The molecule has 0 saturated carbocycles. The van der Waals surface area contributed by atoms with Gasteiger partial charge in [-0.1, -0.05) is 25.5 Å². The number of nitrogens with zero attached hydrogens (tertiary/aromatic N) is 2. The van der Waals surface area contributed by atoms with Gasteiger partial charge < -0.3 is 14.5 Å². The van der Waals surface area contributed by atoms with Gasteiger partial charge in [0.2, 0.25) is 11.8 Å². The third-order valence-corrected chi connectivity index (χ3v) is 4.99. The summed E-state index contributed by atoms with van der Waals surface area (Å²) in [6.07, 6.45) is 2.82. The zero-order chi connectivity index (χ0) is 19.1. The first-order valence-electron chi connectivity index (χ1n) is 9.28. The summed E-state index contributed by atoms with van der Waals surface area (Å²) < 4.78 is 18.5. The quantitative estimate of drug-likeness (QED) is 0.712. The molecule has 6 heteroatoms. The number of carbonyl (C=O) groups excluding carboxylic acids is 2. The minimum Gasteiger partial charge on any atom is -0.383 e. The highest BCUT2D eigenvalue weighted by atomic mass is 19.1. The van der Waals surface area contributed by atoms with Gasteiger partial charge in [0.25, 0.3) is 0 Å². The normalized spacial score (nSPS) is 20.3. The van der Waals surface area contributed by atoms with Crippen molar-refractivity contribution in [3.63, 3.8) is 0 Å². The van der Waals surface area contributed by atoms with Gasteiger partial charge in [-0.25, -0.2) is 4.39 Å². The molecule has 1 heterocycles. The van der Waals surface area contributed by atoms with Crippen LogP contribution < -0.4 is 0 Å². The summed E-state index contributed by atoms with van der Waals surface area (Å²) in [5.74, 6) is -0.599. The van der Waals surface area contributed by atoms with Crippen LogP contribution in [0.5, 0.6) is 0 Å². The van der Waals surface area contributed by atoms with Crippen LogP contribution in [0.3, 0.4) is 0 Å². The van der Waals surface area contributed by atoms with Crippen LogP contribution in [0.1, 0.15) is 44.2 Å². The molecule has 2 atom stereocenters. The van der Waals surface area contributed by atoms with Crippen LogP contribution in [-0.4, -0.2) is 55.5 Å². The average molecular weight is 364 g/mol. The highest BCUT2D eigenvalue weighted by molar-refractivity contribution is 5.85. The van der Waals surface area contributed by atoms with Crippen LogP contribution in [0.25, 0.3) is 0 Å². The molecule has 26 heavy (non-hydrogen) atoms. The lowest BCUT2D eigenvalue weighted by Gasteiger charge is -2.42. The highest BCUT2D eigenvalue weighted by Crippen LogP contribution is 2.37. The second-order valence-corrected chi connectivity index (χ2v) is 6.83. The lowest BCUT2D eigenvalue weighted by atomic mass is 9.83. The molecule has 0 bridgehead atoms. The molecule has 1 aliphatic heterocycles. The molecule has 0 unspecified atom stereocenters. The number of amides is 2. The molecule has 1 saturated heterocycles. The molecule has 0 radical (unpaired) electrons. The first-order chi connectivity index (χ1) is 12.5. The van der Waals surface area contributed by atoms with E-state index in [0.29, 0.717) is 32.5 Å². The van der Waals surface area contributed by atoms with Crippen LogP contribution in [0, 0.1) is 11.7 Å². The van der Waals surface area contributed by atoms with Crippen LogP contribution in [-0.2, 0) is 14.3 Å². The molecule has 1 aromatic rings. The molecule has 2 amide bonds. The summed E-state index contributed by atoms with van der Waals surface area (Å²) >= 11 is 0. The molecule has 1 fully saturated rings. The Morgan fingerprint density at radius 2 is 2.04 bits per heavy atom. The first kappa shape index (κ1) is 20.4. The Kier molecular flexibility index (Phi) is 7.57. The number of rotatable bonds is 8. The maximum atomic E-state index is 13.4. The Labute approximate surface area is 155 Å². The number of unbranched alkanes of at least 4 members (excludes halogenated alkanes) is 1. The van der Waals surface area contributed by atoms with Gasteiger partial charge in [-0.15, -0.1) is 0 Å². The monoisotopic (exact) mass is 364 g/mol. The number of carbonyl (C=O) groups is 2. The maximum absolute atomic E-state index is 13.4. The minimum absolute atomic E-state index is 0.0108. The van der Waals surface area contributed by atoms with Gasteiger partial charge in [-0.3, -0.25) is 9.59 Å². The van der Waals surface area contributed by atoms with Crippen molar-refractivity contribution in [2.75, 3.05) is 33.9 Å². The van der Waals surface area contributed by atoms with E-state index in [4.69, 9.17) is 4.74 Å². The van der Waals surface area contributed by atoms with E-state index in [0.717, 1.165) is 18.4 Å². The summed E-state index contributed by atoms with van der Waals surface area (Å²) in [5.41, 5.74) is 0.790. The third kappa shape index (κ3) is 4.81. The van der Waals surface area contributed by atoms with Crippen molar-refractivity contribution in [3.8, 4) is 0 Å². The molecule has 5 nitrogen and oxygen atoms in total. The van der Waals surface area contributed by atoms with E-state index >= 15 is 0 Å². The van der Waals surface area contributed by atoms with Crippen molar-refractivity contribution in [2.24, 2.45) is 5.92 Å². The average Bonchev–Trinajstić information content (AvgIpc) is 2.65. The van der Waals surface area contributed by atoms with Gasteiger partial charge >= 0.3 is 0 Å². The molecule has 1 aromatic carbocycles. The molecule has 0 aromatic heterocycles. The van der Waals surface area contributed by atoms with Crippen molar-refractivity contribution in [2.45, 2.75) is 38.6 Å². The number of methoxy groups -OCH3 is 1. The van der Waals surface area contributed by atoms with E-state index < -0.39 is 0 Å². The van der Waals surface area contributed by atoms with Crippen LogP contribution in [0.15, 0.2) is 24.3 Å². The smallest absolute Gasteiger partial charge is 0.227 e. The van der Waals surface area contributed by atoms with Crippen molar-refractivity contribution in [1.29, 1.82) is 0 Å². The van der Waals surface area contributed by atoms with Gasteiger partial charge in [0.05, 0.1) is 18.6 Å². The predicted octanol–water partition coefficient (Wildman–Crippen LogP) is 3.01. The van der Waals surface area contributed by atoms with Crippen molar-refractivity contribution in [1.82, 2.24) is 9.80 Å². The van der Waals surface area contributed by atoms with E-state index in [1.165, 1.54) is 12.1 Å². The summed E-state index contributed by atoms with van der Waals surface area (Å²) in [4.78, 5) is 29.1. The van der Waals surface area contributed by atoms with Gasteiger partial charge in [0.1, 0.15) is 5.82 Å². The van der Waals surface area contributed by atoms with Crippen LogP contribution in [0.2, 0.25) is 0 Å². The number of likely N-dealkylation sites (tertiary alicyclic amines) is 1. The summed E-state index contributed by atoms with van der Waals surface area (Å²) in [6.45, 7) is 3.61. The molecular formula is C20H29FN2O3. The van der Waals surface area contributed by atoms with Crippen molar-refractivity contribution >= 4 is 11.8 Å². The fourth-order valence-corrected chi connectivity index (χ4v) is 3.53. The van der Waals surface area contributed by atoms with E-state index in [1.54, 1.807) is 29.0 Å². The molecule has 0 spiro atoms.